The molecule has 1 heterocycles. The fourth-order valence-electron chi connectivity index (χ4n) is 2.93. The number of benzene rings is 1. The third-order valence-corrected chi connectivity index (χ3v) is 4.34. The summed E-state index contributed by atoms with van der Waals surface area (Å²) in [6.45, 7) is 8.42. The van der Waals surface area contributed by atoms with E-state index in [1.807, 2.05) is 31.2 Å². The average molecular weight is 331 g/mol. The Morgan fingerprint density at radius 2 is 1.88 bits per heavy atom. The highest BCUT2D eigenvalue weighted by molar-refractivity contribution is 5.99. The SMILES string of the molecule is CCC(=O)NC1CCN(c2ccccc2C(=O)NCC(C)C)CC1. The number of piperidine rings is 1. The zero-order valence-electron chi connectivity index (χ0n) is 15.0. The molecule has 1 fully saturated rings. The van der Waals surface area contributed by atoms with Crippen molar-refractivity contribution < 1.29 is 9.59 Å². The van der Waals surface area contributed by atoms with E-state index in [4.69, 9.17) is 0 Å². The van der Waals surface area contributed by atoms with Crippen LogP contribution in [0.1, 0.15) is 50.4 Å². The number of anilines is 1. The highest BCUT2D eigenvalue weighted by Crippen LogP contribution is 2.24. The Balaban J connectivity index is 2.00. The fraction of sp³-hybridized carbons (Fsp3) is 0.579. The number of carbonyl (C=O) groups excluding carboxylic acids is 2. The number of para-hydroxylation sites is 1. The Bertz CT molecular complexity index is 563. The number of carbonyl (C=O) groups is 2. The average Bonchev–Trinajstić information content (AvgIpc) is 2.60. The van der Waals surface area contributed by atoms with E-state index < -0.39 is 0 Å². The Labute approximate surface area is 144 Å². The Hall–Kier alpha value is -2.04. The molecule has 0 unspecified atom stereocenters. The van der Waals surface area contributed by atoms with Crippen LogP contribution in [0.3, 0.4) is 0 Å². The summed E-state index contributed by atoms with van der Waals surface area (Å²) in [5, 5.41) is 6.06. The van der Waals surface area contributed by atoms with Crippen LogP contribution in [-0.4, -0.2) is 37.5 Å². The number of hydrogen-bond acceptors (Lipinski definition) is 3. The van der Waals surface area contributed by atoms with Gasteiger partial charge in [-0.15, -0.1) is 0 Å². The second-order valence-electron chi connectivity index (χ2n) is 6.80. The van der Waals surface area contributed by atoms with Crippen molar-refractivity contribution in [2.75, 3.05) is 24.5 Å². The van der Waals surface area contributed by atoms with Gasteiger partial charge >= 0.3 is 0 Å². The molecule has 1 aromatic carbocycles. The summed E-state index contributed by atoms with van der Waals surface area (Å²) in [5.74, 6) is 0.529. The summed E-state index contributed by atoms with van der Waals surface area (Å²) in [4.78, 5) is 26.2. The van der Waals surface area contributed by atoms with Gasteiger partial charge in [0.1, 0.15) is 0 Å². The molecule has 2 rings (SSSR count). The van der Waals surface area contributed by atoms with Gasteiger partial charge < -0.3 is 15.5 Å². The molecule has 0 spiro atoms. The molecule has 2 N–H and O–H groups in total. The molecule has 0 atom stereocenters. The lowest BCUT2D eigenvalue weighted by Crippen LogP contribution is -2.45. The van der Waals surface area contributed by atoms with Gasteiger partial charge in [0.05, 0.1) is 5.56 Å². The number of nitrogens with zero attached hydrogens (tertiary/aromatic N) is 1. The standard InChI is InChI=1S/C19H29N3O2/c1-4-18(23)21-15-9-11-22(12-10-15)17-8-6-5-7-16(17)19(24)20-13-14(2)3/h5-8,14-15H,4,9-13H2,1-3H3,(H,20,24)(H,21,23). The summed E-state index contributed by atoms with van der Waals surface area (Å²) >= 11 is 0. The van der Waals surface area contributed by atoms with E-state index in [1.54, 1.807) is 0 Å². The molecule has 1 aromatic rings. The third-order valence-electron chi connectivity index (χ3n) is 4.34. The minimum absolute atomic E-state index is 0.0132. The predicted octanol–water partition coefficient (Wildman–Crippen LogP) is 2.57. The Kier molecular flexibility index (Phi) is 6.64. The molecule has 5 nitrogen and oxygen atoms in total. The van der Waals surface area contributed by atoms with E-state index in [0.717, 1.165) is 37.2 Å². The van der Waals surface area contributed by atoms with Crippen molar-refractivity contribution in [1.29, 1.82) is 0 Å². The van der Waals surface area contributed by atoms with Crippen LogP contribution < -0.4 is 15.5 Å². The van der Waals surface area contributed by atoms with E-state index in [2.05, 4.69) is 29.4 Å². The molecule has 0 aromatic heterocycles. The smallest absolute Gasteiger partial charge is 0.253 e. The molecule has 2 amide bonds. The summed E-state index contributed by atoms with van der Waals surface area (Å²) in [5.41, 5.74) is 1.72. The number of rotatable bonds is 6. The molecular formula is C19H29N3O2. The molecule has 24 heavy (non-hydrogen) atoms. The topological polar surface area (TPSA) is 61.4 Å². The van der Waals surface area contributed by atoms with Crippen molar-refractivity contribution >= 4 is 17.5 Å². The first-order valence-corrected chi connectivity index (χ1v) is 8.92. The first-order valence-electron chi connectivity index (χ1n) is 8.92. The highest BCUT2D eigenvalue weighted by Gasteiger charge is 2.23. The first-order chi connectivity index (χ1) is 11.5. The second kappa shape index (κ2) is 8.71. The quantitative estimate of drug-likeness (QED) is 0.842. The van der Waals surface area contributed by atoms with E-state index in [9.17, 15) is 9.59 Å². The van der Waals surface area contributed by atoms with Gasteiger partial charge in [-0.05, 0) is 30.9 Å². The number of nitrogens with one attached hydrogen (secondary N) is 2. The maximum absolute atomic E-state index is 12.5. The van der Waals surface area contributed by atoms with E-state index in [1.165, 1.54) is 0 Å². The van der Waals surface area contributed by atoms with Gasteiger partial charge in [0.15, 0.2) is 0 Å². The molecule has 0 radical (unpaired) electrons. The highest BCUT2D eigenvalue weighted by atomic mass is 16.2. The van der Waals surface area contributed by atoms with E-state index >= 15 is 0 Å². The lowest BCUT2D eigenvalue weighted by molar-refractivity contribution is -0.121. The molecule has 0 bridgehead atoms. The molecule has 0 saturated carbocycles. The summed E-state index contributed by atoms with van der Waals surface area (Å²) < 4.78 is 0. The molecule has 1 aliphatic rings. The zero-order chi connectivity index (χ0) is 17.5. The first kappa shape index (κ1) is 18.3. The summed E-state index contributed by atoms with van der Waals surface area (Å²) in [6, 6.07) is 8.02. The van der Waals surface area contributed by atoms with Crippen LogP contribution in [0.25, 0.3) is 0 Å². The van der Waals surface area contributed by atoms with Gasteiger partial charge in [0.25, 0.3) is 5.91 Å². The van der Waals surface area contributed by atoms with E-state index in [0.29, 0.717) is 18.9 Å². The van der Waals surface area contributed by atoms with E-state index in [-0.39, 0.29) is 17.9 Å². The lowest BCUT2D eigenvalue weighted by atomic mass is 10.0. The maximum Gasteiger partial charge on any atom is 0.253 e. The second-order valence-corrected chi connectivity index (χ2v) is 6.80. The summed E-state index contributed by atoms with van der Waals surface area (Å²) in [7, 11) is 0. The van der Waals surface area contributed by atoms with Crippen LogP contribution in [0.15, 0.2) is 24.3 Å². The third kappa shape index (κ3) is 4.98. The van der Waals surface area contributed by atoms with Crippen molar-refractivity contribution in [3.63, 3.8) is 0 Å². The molecule has 5 heteroatoms. The van der Waals surface area contributed by atoms with Crippen LogP contribution in [0.4, 0.5) is 5.69 Å². The fourth-order valence-corrected chi connectivity index (χ4v) is 2.93. The zero-order valence-corrected chi connectivity index (χ0v) is 15.0. The van der Waals surface area contributed by atoms with Crippen LogP contribution in [0.5, 0.6) is 0 Å². The van der Waals surface area contributed by atoms with Crippen LogP contribution in [0.2, 0.25) is 0 Å². The predicted molar refractivity (Wildman–Crippen MR) is 97.3 cm³/mol. The van der Waals surface area contributed by atoms with Gasteiger partial charge in [-0.2, -0.15) is 0 Å². The van der Waals surface area contributed by atoms with Crippen LogP contribution in [-0.2, 0) is 4.79 Å². The molecule has 0 aliphatic carbocycles. The monoisotopic (exact) mass is 331 g/mol. The largest absolute Gasteiger partial charge is 0.371 e. The van der Waals surface area contributed by atoms with Gasteiger partial charge in [0, 0.05) is 37.8 Å². The van der Waals surface area contributed by atoms with Crippen molar-refractivity contribution in [2.24, 2.45) is 5.92 Å². The van der Waals surface area contributed by atoms with Gasteiger partial charge in [-0.1, -0.05) is 32.9 Å². The normalized spacial score (nSPS) is 15.4. The van der Waals surface area contributed by atoms with Crippen molar-refractivity contribution in [3.05, 3.63) is 29.8 Å². The minimum atomic E-state index is -0.0132. The van der Waals surface area contributed by atoms with Crippen molar-refractivity contribution in [3.8, 4) is 0 Å². The Morgan fingerprint density at radius 1 is 1.21 bits per heavy atom. The molecule has 1 saturated heterocycles. The molecule has 132 valence electrons. The van der Waals surface area contributed by atoms with Crippen LogP contribution >= 0.6 is 0 Å². The van der Waals surface area contributed by atoms with Crippen molar-refractivity contribution in [1.82, 2.24) is 10.6 Å². The maximum atomic E-state index is 12.5. The lowest BCUT2D eigenvalue weighted by Gasteiger charge is -2.34. The molecular weight excluding hydrogens is 302 g/mol. The number of hydrogen-bond donors (Lipinski definition) is 2. The summed E-state index contributed by atoms with van der Waals surface area (Å²) in [6.07, 6.45) is 2.35. The van der Waals surface area contributed by atoms with Gasteiger partial charge in [-0.3, -0.25) is 9.59 Å². The minimum Gasteiger partial charge on any atom is -0.371 e. The van der Waals surface area contributed by atoms with Crippen molar-refractivity contribution in [2.45, 2.75) is 46.1 Å². The van der Waals surface area contributed by atoms with Gasteiger partial charge in [0.2, 0.25) is 5.91 Å². The number of amides is 2. The Morgan fingerprint density at radius 3 is 2.50 bits per heavy atom. The van der Waals surface area contributed by atoms with Crippen LogP contribution in [0, 0.1) is 5.92 Å². The molecule has 1 aliphatic heterocycles. The van der Waals surface area contributed by atoms with Gasteiger partial charge in [-0.25, -0.2) is 0 Å².